The fourth-order valence-electron chi connectivity index (χ4n) is 2.55. The standard InChI is InChI=1S/C15H18O/c16-12-6-10-14-9-4-5-11-15(14)13-7-2-1-3-8-13/h1-3,7-8,10,12,15H,4-6,9,11H2/b14-10-/t15-/m1/s1. The van der Waals surface area contributed by atoms with Crippen molar-refractivity contribution in [1.82, 2.24) is 0 Å². The maximum absolute atomic E-state index is 10.4. The van der Waals surface area contributed by atoms with E-state index in [0.717, 1.165) is 12.7 Å². The van der Waals surface area contributed by atoms with Crippen molar-refractivity contribution in [1.29, 1.82) is 0 Å². The summed E-state index contributed by atoms with van der Waals surface area (Å²) >= 11 is 0. The Morgan fingerprint density at radius 2 is 2.00 bits per heavy atom. The molecule has 1 fully saturated rings. The third kappa shape index (κ3) is 2.60. The van der Waals surface area contributed by atoms with Gasteiger partial charge in [-0.05, 0) is 24.8 Å². The molecule has 1 aliphatic carbocycles. The molecule has 16 heavy (non-hydrogen) atoms. The van der Waals surface area contributed by atoms with Gasteiger partial charge in [0.2, 0.25) is 0 Å². The van der Waals surface area contributed by atoms with Crippen LogP contribution in [0.5, 0.6) is 0 Å². The van der Waals surface area contributed by atoms with Crippen LogP contribution < -0.4 is 0 Å². The molecule has 1 heteroatoms. The van der Waals surface area contributed by atoms with Crippen molar-refractivity contribution in [3.63, 3.8) is 0 Å². The maximum atomic E-state index is 10.4. The van der Waals surface area contributed by atoms with Crippen LogP contribution in [0.1, 0.15) is 43.6 Å². The first kappa shape index (κ1) is 11.1. The number of allylic oxidation sites excluding steroid dienone is 2. The number of carbonyl (C=O) groups excluding carboxylic acids is 1. The lowest BCUT2D eigenvalue weighted by atomic mass is 9.79. The zero-order valence-electron chi connectivity index (χ0n) is 9.56. The average molecular weight is 214 g/mol. The predicted molar refractivity (Wildman–Crippen MR) is 66.4 cm³/mol. The molecule has 1 aromatic carbocycles. The molecule has 84 valence electrons. The SMILES string of the molecule is O=CC/C=C1/CCCC[C@@H]1c1ccccc1. The molecule has 1 aliphatic rings. The lowest BCUT2D eigenvalue weighted by molar-refractivity contribution is -0.107. The molecule has 1 aromatic rings. The highest BCUT2D eigenvalue weighted by atomic mass is 16.1. The number of hydrogen-bond donors (Lipinski definition) is 0. The van der Waals surface area contributed by atoms with Crippen LogP contribution in [0.25, 0.3) is 0 Å². The van der Waals surface area contributed by atoms with Crippen molar-refractivity contribution in [3.05, 3.63) is 47.5 Å². The van der Waals surface area contributed by atoms with E-state index in [4.69, 9.17) is 0 Å². The lowest BCUT2D eigenvalue weighted by Crippen LogP contribution is -2.08. The van der Waals surface area contributed by atoms with Gasteiger partial charge in [-0.15, -0.1) is 0 Å². The Morgan fingerprint density at radius 3 is 2.75 bits per heavy atom. The van der Waals surface area contributed by atoms with Gasteiger partial charge in [0, 0.05) is 12.3 Å². The van der Waals surface area contributed by atoms with Crippen LogP contribution in [0, 0.1) is 0 Å². The maximum Gasteiger partial charge on any atom is 0.123 e. The van der Waals surface area contributed by atoms with E-state index in [0.29, 0.717) is 12.3 Å². The van der Waals surface area contributed by atoms with E-state index >= 15 is 0 Å². The normalized spacial score (nSPS) is 23.2. The Labute approximate surface area is 97.2 Å². The molecular formula is C15H18O. The summed E-state index contributed by atoms with van der Waals surface area (Å²) in [6.45, 7) is 0. The van der Waals surface area contributed by atoms with Crippen molar-refractivity contribution in [2.24, 2.45) is 0 Å². The molecule has 0 N–H and O–H groups in total. The van der Waals surface area contributed by atoms with E-state index in [-0.39, 0.29) is 0 Å². The van der Waals surface area contributed by atoms with E-state index in [9.17, 15) is 4.79 Å². The second-order valence-electron chi connectivity index (χ2n) is 4.39. The van der Waals surface area contributed by atoms with Crippen molar-refractivity contribution >= 4 is 6.29 Å². The number of aldehydes is 1. The summed E-state index contributed by atoms with van der Waals surface area (Å²) < 4.78 is 0. The van der Waals surface area contributed by atoms with Crippen LogP contribution >= 0.6 is 0 Å². The Kier molecular flexibility index (Phi) is 3.92. The first-order chi connectivity index (χ1) is 7.92. The van der Waals surface area contributed by atoms with E-state index in [2.05, 4.69) is 36.4 Å². The summed E-state index contributed by atoms with van der Waals surface area (Å²) in [5.41, 5.74) is 2.86. The fraction of sp³-hybridized carbons (Fsp3) is 0.400. The summed E-state index contributed by atoms with van der Waals surface area (Å²) in [4.78, 5) is 10.4. The molecular weight excluding hydrogens is 196 g/mol. The minimum Gasteiger partial charge on any atom is -0.303 e. The molecule has 0 aliphatic heterocycles. The summed E-state index contributed by atoms with van der Waals surface area (Å²) in [7, 11) is 0. The van der Waals surface area contributed by atoms with Gasteiger partial charge in [-0.2, -0.15) is 0 Å². The quantitative estimate of drug-likeness (QED) is 0.551. The van der Waals surface area contributed by atoms with Gasteiger partial charge in [0.25, 0.3) is 0 Å². The topological polar surface area (TPSA) is 17.1 Å². The second kappa shape index (κ2) is 5.64. The highest BCUT2D eigenvalue weighted by Crippen LogP contribution is 2.37. The molecule has 0 saturated heterocycles. The summed E-state index contributed by atoms with van der Waals surface area (Å²) in [5.74, 6) is 0.551. The molecule has 0 heterocycles. The van der Waals surface area contributed by atoms with Crippen LogP contribution in [0.2, 0.25) is 0 Å². The monoisotopic (exact) mass is 214 g/mol. The molecule has 0 amide bonds. The zero-order chi connectivity index (χ0) is 11.2. The molecule has 0 radical (unpaired) electrons. The minimum absolute atomic E-state index is 0.551. The Morgan fingerprint density at radius 1 is 1.19 bits per heavy atom. The number of carbonyl (C=O) groups is 1. The highest BCUT2D eigenvalue weighted by Gasteiger charge is 2.19. The molecule has 1 nitrogen and oxygen atoms in total. The van der Waals surface area contributed by atoms with Crippen LogP contribution in [-0.2, 0) is 4.79 Å². The summed E-state index contributed by atoms with van der Waals surface area (Å²) in [6.07, 6.45) is 8.65. The number of rotatable bonds is 3. The molecule has 0 spiro atoms. The molecule has 0 aromatic heterocycles. The summed E-state index contributed by atoms with van der Waals surface area (Å²) in [6, 6.07) is 10.7. The third-order valence-corrected chi connectivity index (χ3v) is 3.33. The summed E-state index contributed by atoms with van der Waals surface area (Å²) in [5, 5.41) is 0. The first-order valence-corrected chi connectivity index (χ1v) is 6.09. The molecule has 1 atom stereocenters. The van der Waals surface area contributed by atoms with Crippen molar-refractivity contribution in [2.75, 3.05) is 0 Å². The van der Waals surface area contributed by atoms with Gasteiger partial charge in [-0.1, -0.05) is 48.4 Å². The number of hydrogen-bond acceptors (Lipinski definition) is 1. The zero-order valence-corrected chi connectivity index (χ0v) is 9.56. The van der Waals surface area contributed by atoms with E-state index in [1.807, 2.05) is 0 Å². The van der Waals surface area contributed by atoms with Crippen molar-refractivity contribution in [3.8, 4) is 0 Å². The van der Waals surface area contributed by atoms with Crippen molar-refractivity contribution in [2.45, 2.75) is 38.0 Å². The number of benzene rings is 1. The molecule has 0 bridgehead atoms. The molecule has 0 unspecified atom stereocenters. The third-order valence-electron chi connectivity index (χ3n) is 3.33. The molecule has 2 rings (SSSR count). The van der Waals surface area contributed by atoms with Gasteiger partial charge in [0.15, 0.2) is 0 Å². The molecule has 1 saturated carbocycles. The lowest BCUT2D eigenvalue weighted by Gasteiger charge is -2.25. The Hall–Kier alpha value is -1.37. The van der Waals surface area contributed by atoms with Gasteiger partial charge in [0.05, 0.1) is 0 Å². The van der Waals surface area contributed by atoms with Gasteiger partial charge in [-0.25, -0.2) is 0 Å². The van der Waals surface area contributed by atoms with Crippen LogP contribution in [0.4, 0.5) is 0 Å². The largest absolute Gasteiger partial charge is 0.303 e. The van der Waals surface area contributed by atoms with Gasteiger partial charge >= 0.3 is 0 Å². The van der Waals surface area contributed by atoms with Crippen LogP contribution in [-0.4, -0.2) is 6.29 Å². The van der Waals surface area contributed by atoms with E-state index in [1.54, 1.807) is 0 Å². The predicted octanol–water partition coefficient (Wildman–Crippen LogP) is 3.86. The smallest absolute Gasteiger partial charge is 0.123 e. The van der Waals surface area contributed by atoms with Crippen LogP contribution in [0.3, 0.4) is 0 Å². The fourth-order valence-corrected chi connectivity index (χ4v) is 2.55. The Balaban J connectivity index is 2.20. The minimum atomic E-state index is 0.551. The van der Waals surface area contributed by atoms with Crippen molar-refractivity contribution < 1.29 is 4.79 Å². The van der Waals surface area contributed by atoms with Gasteiger partial charge in [-0.3, -0.25) is 0 Å². The van der Waals surface area contributed by atoms with E-state index in [1.165, 1.54) is 30.4 Å². The second-order valence-corrected chi connectivity index (χ2v) is 4.39. The first-order valence-electron chi connectivity index (χ1n) is 6.09. The Bertz CT molecular complexity index is 364. The van der Waals surface area contributed by atoms with E-state index < -0.39 is 0 Å². The van der Waals surface area contributed by atoms with Gasteiger partial charge < -0.3 is 4.79 Å². The van der Waals surface area contributed by atoms with Crippen LogP contribution in [0.15, 0.2) is 42.0 Å². The van der Waals surface area contributed by atoms with Gasteiger partial charge in [0.1, 0.15) is 6.29 Å². The highest BCUT2D eigenvalue weighted by molar-refractivity contribution is 5.52. The average Bonchev–Trinajstić information content (AvgIpc) is 2.38.